The number of aryl methyl sites for hydroxylation is 2. The maximum atomic E-state index is 11.5. The van der Waals surface area contributed by atoms with E-state index in [1.807, 2.05) is 31.2 Å². The lowest BCUT2D eigenvalue weighted by atomic mass is 10.00. The molecule has 0 fully saturated rings. The fourth-order valence-electron chi connectivity index (χ4n) is 4.07. The second kappa shape index (κ2) is 11.2. The minimum Gasteiger partial charge on any atom is -0.284 e. The molecule has 1 amide bonds. The van der Waals surface area contributed by atoms with Crippen molar-refractivity contribution in [1.82, 2.24) is 10.9 Å². The Morgan fingerprint density at radius 3 is 2.46 bits per heavy atom. The summed E-state index contributed by atoms with van der Waals surface area (Å²) in [6.45, 7) is 7.90. The van der Waals surface area contributed by atoms with Crippen molar-refractivity contribution in [2.75, 3.05) is 0 Å². The van der Waals surface area contributed by atoms with Crippen molar-refractivity contribution in [2.24, 2.45) is 15.9 Å². The molecule has 1 aromatic heterocycles. The molecule has 35 heavy (non-hydrogen) atoms. The van der Waals surface area contributed by atoms with Crippen LogP contribution in [0.15, 0.2) is 64.6 Å². The van der Waals surface area contributed by atoms with E-state index in [0.29, 0.717) is 16.8 Å². The highest BCUT2D eigenvalue weighted by atomic mass is 35.5. The van der Waals surface area contributed by atoms with Crippen LogP contribution in [0, 0.1) is 5.92 Å². The first-order chi connectivity index (χ1) is 16.8. The lowest BCUT2D eigenvalue weighted by Crippen LogP contribution is -2.44. The molecule has 1 aliphatic rings. The lowest BCUT2D eigenvalue weighted by molar-refractivity contribution is -0.119. The Bertz CT molecular complexity index is 1260. The van der Waals surface area contributed by atoms with Crippen LogP contribution >= 0.6 is 22.9 Å². The van der Waals surface area contributed by atoms with Gasteiger partial charge >= 0.3 is 0 Å². The summed E-state index contributed by atoms with van der Waals surface area (Å²) in [6.07, 6.45) is 2.97. The standard InChI is InChI=1S/C28H31ClN4OS/c1-17(2)15-21-11-9-20(10-12-21)13-14-22-16-24-26(23-7-5-6-8-25(23)29)30-18(3)27(31-28(24)35-22)33-32-19(4)34/h5-12,16-18H,13-15H2,1-4H3,(H,31,33)(H,32,34). The normalized spacial score (nSPS) is 15.2. The van der Waals surface area contributed by atoms with Gasteiger partial charge < -0.3 is 0 Å². The summed E-state index contributed by atoms with van der Waals surface area (Å²) in [6, 6.07) is 18.6. The number of carbonyl (C=O) groups is 1. The smallest absolute Gasteiger partial charge is 0.235 e. The van der Waals surface area contributed by atoms with Gasteiger partial charge in [0.2, 0.25) is 5.91 Å². The summed E-state index contributed by atoms with van der Waals surface area (Å²) in [7, 11) is 0. The second-order valence-electron chi connectivity index (χ2n) is 9.28. The van der Waals surface area contributed by atoms with Crippen molar-refractivity contribution in [3.63, 3.8) is 0 Å². The molecule has 0 spiro atoms. The molecule has 1 atom stereocenters. The van der Waals surface area contributed by atoms with Crippen LogP contribution in [0.25, 0.3) is 0 Å². The van der Waals surface area contributed by atoms with Crippen LogP contribution in [0.1, 0.15) is 54.8 Å². The quantitative estimate of drug-likeness (QED) is 0.385. The molecule has 1 unspecified atom stereocenters. The van der Waals surface area contributed by atoms with Crippen molar-refractivity contribution in [3.8, 4) is 0 Å². The number of fused-ring (bicyclic) bond motifs is 1. The topological polar surface area (TPSA) is 65.8 Å². The Labute approximate surface area is 216 Å². The van der Waals surface area contributed by atoms with E-state index < -0.39 is 0 Å². The van der Waals surface area contributed by atoms with Crippen LogP contribution in [-0.2, 0) is 24.1 Å². The minimum absolute atomic E-state index is 0.189. The van der Waals surface area contributed by atoms with Crippen LogP contribution in [0.4, 0.5) is 5.00 Å². The van der Waals surface area contributed by atoms with Gasteiger partial charge in [0.25, 0.3) is 0 Å². The van der Waals surface area contributed by atoms with E-state index in [1.54, 1.807) is 11.3 Å². The number of carbonyl (C=O) groups excluding carboxylic acids is 1. The number of amidine groups is 1. The predicted octanol–water partition coefficient (Wildman–Crippen LogP) is 6.30. The largest absolute Gasteiger partial charge is 0.284 e. The SMILES string of the molecule is CC(=O)NNC1=Nc2sc(CCc3ccc(CC(C)C)cc3)cc2C(c2ccccc2Cl)=NC1C. The van der Waals surface area contributed by atoms with Gasteiger partial charge in [-0.3, -0.25) is 20.6 Å². The number of halogens is 1. The van der Waals surface area contributed by atoms with Crippen LogP contribution in [0.3, 0.4) is 0 Å². The molecule has 182 valence electrons. The number of aliphatic imine (C=N–C) groups is 2. The number of hydrazine groups is 1. The maximum absolute atomic E-state index is 11.5. The van der Waals surface area contributed by atoms with E-state index in [1.165, 1.54) is 22.9 Å². The number of hydrogen-bond acceptors (Lipinski definition) is 5. The van der Waals surface area contributed by atoms with Crippen molar-refractivity contribution >= 4 is 45.4 Å². The molecule has 0 saturated heterocycles. The number of nitrogens with one attached hydrogen (secondary N) is 2. The summed E-state index contributed by atoms with van der Waals surface area (Å²) in [4.78, 5) is 22.5. The van der Waals surface area contributed by atoms with E-state index in [4.69, 9.17) is 21.6 Å². The zero-order valence-electron chi connectivity index (χ0n) is 20.6. The number of nitrogens with zero attached hydrogens (tertiary/aromatic N) is 2. The molecule has 0 radical (unpaired) electrons. The summed E-state index contributed by atoms with van der Waals surface area (Å²) in [5.74, 6) is 1.06. The number of rotatable bonds is 6. The first-order valence-electron chi connectivity index (χ1n) is 11.9. The third kappa shape index (κ3) is 6.38. The Hall–Kier alpha value is -2.96. The van der Waals surface area contributed by atoms with Crippen molar-refractivity contribution in [2.45, 2.75) is 53.0 Å². The van der Waals surface area contributed by atoms with Crippen molar-refractivity contribution < 1.29 is 4.79 Å². The molecule has 0 aliphatic carbocycles. The van der Waals surface area contributed by atoms with Gasteiger partial charge in [-0.15, -0.1) is 11.3 Å². The van der Waals surface area contributed by atoms with E-state index in [0.717, 1.165) is 41.1 Å². The molecule has 7 heteroatoms. The summed E-state index contributed by atoms with van der Waals surface area (Å²) in [5.41, 5.74) is 10.9. The highest BCUT2D eigenvalue weighted by molar-refractivity contribution is 7.16. The molecule has 0 bridgehead atoms. The Balaban J connectivity index is 1.62. The number of benzene rings is 2. The van der Waals surface area contributed by atoms with Crippen molar-refractivity contribution in [3.05, 3.63) is 86.8 Å². The number of thiophene rings is 1. The summed E-state index contributed by atoms with van der Waals surface area (Å²) >= 11 is 8.23. The molecule has 1 aliphatic heterocycles. The highest BCUT2D eigenvalue weighted by Gasteiger charge is 2.24. The van der Waals surface area contributed by atoms with Gasteiger partial charge in [0.1, 0.15) is 16.9 Å². The van der Waals surface area contributed by atoms with E-state index in [2.05, 4.69) is 55.0 Å². The van der Waals surface area contributed by atoms with E-state index >= 15 is 0 Å². The van der Waals surface area contributed by atoms with Gasteiger partial charge in [0, 0.05) is 28.0 Å². The van der Waals surface area contributed by atoms with Gasteiger partial charge in [-0.05, 0) is 55.4 Å². The van der Waals surface area contributed by atoms with E-state index in [-0.39, 0.29) is 11.9 Å². The van der Waals surface area contributed by atoms with Gasteiger partial charge in [0.15, 0.2) is 0 Å². The lowest BCUT2D eigenvalue weighted by Gasteiger charge is -2.13. The first-order valence-corrected chi connectivity index (χ1v) is 13.1. The van der Waals surface area contributed by atoms with Crippen LogP contribution in [0.2, 0.25) is 5.02 Å². The number of hydrogen-bond donors (Lipinski definition) is 2. The Kier molecular flexibility index (Phi) is 8.04. The molecule has 2 N–H and O–H groups in total. The van der Waals surface area contributed by atoms with Gasteiger partial charge in [-0.2, -0.15) is 0 Å². The monoisotopic (exact) mass is 506 g/mol. The van der Waals surface area contributed by atoms with Crippen LogP contribution in [-0.4, -0.2) is 23.5 Å². The van der Waals surface area contributed by atoms with Crippen LogP contribution < -0.4 is 10.9 Å². The highest BCUT2D eigenvalue weighted by Crippen LogP contribution is 2.37. The molecular weight excluding hydrogens is 476 g/mol. The molecule has 2 heterocycles. The van der Waals surface area contributed by atoms with Gasteiger partial charge in [-0.25, -0.2) is 4.99 Å². The number of amides is 1. The zero-order chi connectivity index (χ0) is 24.9. The van der Waals surface area contributed by atoms with Gasteiger partial charge in [-0.1, -0.05) is 67.9 Å². The van der Waals surface area contributed by atoms with Gasteiger partial charge in [0.05, 0.1) is 5.71 Å². The summed E-state index contributed by atoms with van der Waals surface area (Å²) < 4.78 is 0. The molecule has 5 nitrogen and oxygen atoms in total. The third-order valence-electron chi connectivity index (χ3n) is 5.78. The zero-order valence-corrected chi connectivity index (χ0v) is 22.1. The average Bonchev–Trinajstić information content (AvgIpc) is 3.16. The molecule has 2 aromatic carbocycles. The third-order valence-corrected chi connectivity index (χ3v) is 7.20. The van der Waals surface area contributed by atoms with Crippen LogP contribution in [0.5, 0.6) is 0 Å². The molecular formula is C28H31ClN4OS. The maximum Gasteiger partial charge on any atom is 0.235 e. The Morgan fingerprint density at radius 1 is 1.06 bits per heavy atom. The van der Waals surface area contributed by atoms with Crippen molar-refractivity contribution in [1.29, 1.82) is 0 Å². The fourth-order valence-corrected chi connectivity index (χ4v) is 5.33. The molecule has 0 saturated carbocycles. The first kappa shape index (κ1) is 25.1. The predicted molar refractivity (Wildman–Crippen MR) is 147 cm³/mol. The van der Waals surface area contributed by atoms with E-state index in [9.17, 15) is 4.79 Å². The molecule has 4 rings (SSSR count). The second-order valence-corrected chi connectivity index (χ2v) is 10.8. The fraction of sp³-hybridized carbons (Fsp3) is 0.321. The molecule has 3 aromatic rings. The summed E-state index contributed by atoms with van der Waals surface area (Å²) in [5, 5.41) is 1.51. The minimum atomic E-state index is -0.277. The average molecular weight is 507 g/mol. The Morgan fingerprint density at radius 2 is 1.77 bits per heavy atom.